The molecule has 0 aliphatic rings. The first kappa shape index (κ1) is 11.9. The summed E-state index contributed by atoms with van der Waals surface area (Å²) in [6.45, 7) is 1.88. The Labute approximate surface area is 106 Å². The minimum atomic E-state index is -1.09. The van der Waals surface area contributed by atoms with Crippen LogP contribution in [0.4, 0.5) is 0 Å². The number of rotatable bonds is 3. The van der Waals surface area contributed by atoms with Crippen molar-refractivity contribution in [3.63, 3.8) is 0 Å². The lowest BCUT2D eigenvalue weighted by atomic mass is 10.0. The van der Waals surface area contributed by atoms with Crippen LogP contribution in [0.15, 0.2) is 33.3 Å². The highest BCUT2D eigenvalue weighted by molar-refractivity contribution is 9.10. The smallest absolute Gasteiger partial charge is 0.375 e. The second-order valence-corrected chi connectivity index (χ2v) is 4.42. The van der Waals surface area contributed by atoms with Crippen LogP contribution in [-0.4, -0.2) is 16.2 Å². The minimum Gasteiger partial charge on any atom is -0.475 e. The highest BCUT2D eigenvalue weighted by Crippen LogP contribution is 2.27. The van der Waals surface area contributed by atoms with E-state index in [1.807, 2.05) is 31.2 Å². The molecule has 2 aromatic rings. The molecule has 0 bridgehead atoms. The summed E-state index contributed by atoms with van der Waals surface area (Å²) in [6.07, 6.45) is 0.566. The van der Waals surface area contributed by atoms with Gasteiger partial charge in [0.15, 0.2) is 0 Å². The van der Waals surface area contributed by atoms with E-state index in [0.717, 1.165) is 10.0 Å². The number of hydrogen-bond acceptors (Lipinski definition) is 3. The molecule has 0 saturated heterocycles. The Hall–Kier alpha value is -1.62. The maximum Gasteiger partial charge on any atom is 0.375 e. The van der Waals surface area contributed by atoms with E-state index in [1.54, 1.807) is 0 Å². The van der Waals surface area contributed by atoms with Gasteiger partial charge in [-0.05, 0) is 18.6 Å². The first-order valence-corrected chi connectivity index (χ1v) is 5.90. The number of nitrogens with zero attached hydrogens (tertiary/aromatic N) is 1. The third kappa shape index (κ3) is 2.24. The summed E-state index contributed by atoms with van der Waals surface area (Å²) in [4.78, 5) is 10.9. The van der Waals surface area contributed by atoms with Crippen LogP contribution in [0.1, 0.15) is 23.0 Å². The highest BCUT2D eigenvalue weighted by atomic mass is 79.9. The van der Waals surface area contributed by atoms with Gasteiger partial charge in [0.2, 0.25) is 5.76 Å². The normalized spacial score (nSPS) is 10.5. The van der Waals surface area contributed by atoms with Crippen molar-refractivity contribution in [2.45, 2.75) is 13.3 Å². The van der Waals surface area contributed by atoms with Gasteiger partial charge in [-0.15, -0.1) is 0 Å². The van der Waals surface area contributed by atoms with E-state index in [9.17, 15) is 4.79 Å². The molecule has 0 aliphatic carbocycles. The monoisotopic (exact) mass is 295 g/mol. The van der Waals surface area contributed by atoms with Gasteiger partial charge in [-0.3, -0.25) is 0 Å². The third-order valence-electron chi connectivity index (χ3n) is 2.45. The van der Waals surface area contributed by atoms with Crippen molar-refractivity contribution in [1.82, 2.24) is 5.16 Å². The largest absolute Gasteiger partial charge is 0.475 e. The SMILES string of the molecule is CCc1c(-c2ccc(Br)cc2)noc1C(=O)O. The minimum absolute atomic E-state index is 0.0783. The number of carboxylic acid groups (broad SMARTS) is 1. The lowest BCUT2D eigenvalue weighted by Gasteiger charge is -1.99. The van der Waals surface area contributed by atoms with Crippen molar-refractivity contribution in [2.75, 3.05) is 0 Å². The zero-order valence-electron chi connectivity index (χ0n) is 9.11. The van der Waals surface area contributed by atoms with Crippen LogP contribution < -0.4 is 0 Å². The average Bonchev–Trinajstić information content (AvgIpc) is 2.73. The zero-order valence-corrected chi connectivity index (χ0v) is 10.7. The van der Waals surface area contributed by atoms with Crippen molar-refractivity contribution in [3.8, 4) is 11.3 Å². The van der Waals surface area contributed by atoms with Crippen LogP contribution in [0, 0.1) is 0 Å². The number of benzene rings is 1. The van der Waals surface area contributed by atoms with Crippen molar-refractivity contribution in [1.29, 1.82) is 0 Å². The Balaban J connectivity index is 2.52. The van der Waals surface area contributed by atoms with Crippen LogP contribution >= 0.6 is 15.9 Å². The molecule has 5 heteroatoms. The quantitative estimate of drug-likeness (QED) is 0.943. The molecule has 2 rings (SSSR count). The predicted molar refractivity (Wildman–Crippen MR) is 66.0 cm³/mol. The number of carbonyl (C=O) groups is 1. The Morgan fingerprint density at radius 1 is 1.41 bits per heavy atom. The number of halogens is 1. The number of aromatic nitrogens is 1. The van der Waals surface area contributed by atoms with Gasteiger partial charge < -0.3 is 9.63 Å². The van der Waals surface area contributed by atoms with Gasteiger partial charge in [-0.25, -0.2) is 4.79 Å². The third-order valence-corrected chi connectivity index (χ3v) is 2.98. The standard InChI is InChI=1S/C12H10BrNO3/c1-2-9-10(14-17-11(9)12(15)16)7-3-5-8(13)6-4-7/h3-6H,2H2,1H3,(H,15,16). The molecule has 0 aliphatic heterocycles. The van der Waals surface area contributed by atoms with Gasteiger partial charge in [0.05, 0.1) is 0 Å². The topological polar surface area (TPSA) is 63.3 Å². The molecule has 88 valence electrons. The molecule has 0 spiro atoms. The second-order valence-electron chi connectivity index (χ2n) is 3.50. The van der Waals surface area contributed by atoms with Gasteiger partial charge in [0.1, 0.15) is 5.69 Å². The maximum atomic E-state index is 10.9. The molecule has 0 fully saturated rings. The van der Waals surface area contributed by atoms with Gasteiger partial charge in [-0.1, -0.05) is 40.1 Å². The van der Waals surface area contributed by atoms with Gasteiger partial charge in [0, 0.05) is 15.6 Å². The van der Waals surface area contributed by atoms with E-state index < -0.39 is 5.97 Å². The fourth-order valence-corrected chi connectivity index (χ4v) is 1.90. The van der Waals surface area contributed by atoms with Crippen molar-refractivity contribution in [3.05, 3.63) is 40.1 Å². The molecular formula is C12H10BrNO3. The predicted octanol–water partition coefficient (Wildman–Crippen LogP) is 3.36. The van der Waals surface area contributed by atoms with Gasteiger partial charge in [0.25, 0.3) is 0 Å². The van der Waals surface area contributed by atoms with Crippen molar-refractivity contribution < 1.29 is 14.4 Å². The Morgan fingerprint density at radius 2 is 2.06 bits per heavy atom. The molecule has 0 radical (unpaired) electrons. The highest BCUT2D eigenvalue weighted by Gasteiger charge is 2.20. The van der Waals surface area contributed by atoms with E-state index in [4.69, 9.17) is 9.63 Å². The molecule has 1 heterocycles. The van der Waals surface area contributed by atoms with E-state index in [-0.39, 0.29) is 5.76 Å². The lowest BCUT2D eigenvalue weighted by molar-refractivity contribution is 0.0650. The molecule has 17 heavy (non-hydrogen) atoms. The van der Waals surface area contributed by atoms with Crippen LogP contribution in [0.5, 0.6) is 0 Å². The van der Waals surface area contributed by atoms with Crippen LogP contribution in [0.25, 0.3) is 11.3 Å². The summed E-state index contributed by atoms with van der Waals surface area (Å²) in [6, 6.07) is 7.49. The molecule has 4 nitrogen and oxygen atoms in total. The fraction of sp³-hybridized carbons (Fsp3) is 0.167. The van der Waals surface area contributed by atoms with Crippen molar-refractivity contribution >= 4 is 21.9 Å². The van der Waals surface area contributed by atoms with Gasteiger partial charge in [-0.2, -0.15) is 0 Å². The summed E-state index contributed by atoms with van der Waals surface area (Å²) in [5.74, 6) is -1.16. The average molecular weight is 296 g/mol. The Kier molecular flexibility index (Phi) is 3.28. The molecule has 0 amide bonds. The van der Waals surface area contributed by atoms with Crippen molar-refractivity contribution in [2.24, 2.45) is 0 Å². The Bertz CT molecular complexity index is 545. The lowest BCUT2D eigenvalue weighted by Crippen LogP contribution is -1.98. The van der Waals surface area contributed by atoms with E-state index in [2.05, 4.69) is 21.1 Å². The molecule has 0 unspecified atom stereocenters. The van der Waals surface area contributed by atoms with Crippen LogP contribution in [-0.2, 0) is 6.42 Å². The fourth-order valence-electron chi connectivity index (χ4n) is 1.64. The number of carboxylic acids is 1. The summed E-state index contributed by atoms with van der Waals surface area (Å²) in [5.41, 5.74) is 2.07. The number of hydrogen-bond donors (Lipinski definition) is 1. The first-order chi connectivity index (χ1) is 8.13. The summed E-state index contributed by atoms with van der Waals surface area (Å²) < 4.78 is 5.83. The molecule has 0 atom stereocenters. The molecule has 1 N–H and O–H groups in total. The van der Waals surface area contributed by atoms with E-state index >= 15 is 0 Å². The van der Waals surface area contributed by atoms with E-state index in [1.165, 1.54) is 0 Å². The molecule has 1 aromatic carbocycles. The maximum absolute atomic E-state index is 10.9. The second kappa shape index (κ2) is 4.71. The first-order valence-electron chi connectivity index (χ1n) is 5.11. The van der Waals surface area contributed by atoms with E-state index in [0.29, 0.717) is 17.7 Å². The summed E-state index contributed by atoms with van der Waals surface area (Å²) in [5, 5.41) is 12.8. The van der Waals surface area contributed by atoms with Crippen LogP contribution in [0.3, 0.4) is 0 Å². The summed E-state index contributed by atoms with van der Waals surface area (Å²) in [7, 11) is 0. The number of aromatic carboxylic acids is 1. The molecule has 1 aromatic heterocycles. The van der Waals surface area contributed by atoms with Crippen LogP contribution in [0.2, 0.25) is 0 Å². The zero-order chi connectivity index (χ0) is 12.4. The molecule has 0 saturated carbocycles. The summed E-state index contributed by atoms with van der Waals surface area (Å²) >= 11 is 3.34. The molecular weight excluding hydrogens is 286 g/mol. The Morgan fingerprint density at radius 3 is 2.59 bits per heavy atom. The van der Waals surface area contributed by atoms with Gasteiger partial charge >= 0.3 is 5.97 Å².